The van der Waals surface area contributed by atoms with E-state index in [2.05, 4.69) is 20.2 Å². The van der Waals surface area contributed by atoms with Crippen molar-refractivity contribution in [1.29, 1.82) is 0 Å². The number of methoxy groups -OCH3 is 1. The van der Waals surface area contributed by atoms with Crippen molar-refractivity contribution in [3.63, 3.8) is 0 Å². The molecule has 0 aliphatic rings. The van der Waals surface area contributed by atoms with Crippen molar-refractivity contribution >= 4 is 38.3 Å². The molecule has 0 atom stereocenters. The Morgan fingerprint density at radius 1 is 1.06 bits per heavy atom. The molecule has 0 fully saturated rings. The summed E-state index contributed by atoms with van der Waals surface area (Å²) >= 11 is 0. The van der Waals surface area contributed by atoms with Crippen LogP contribution < -0.4 is 19.5 Å². The Hall–Kier alpha value is -4.12. The monoisotopic (exact) mass is 482 g/mol. The number of sulfonamides is 1. The van der Waals surface area contributed by atoms with Crippen LogP contribution in [-0.2, 0) is 14.8 Å². The van der Waals surface area contributed by atoms with Crippen molar-refractivity contribution in [3.8, 4) is 11.5 Å². The summed E-state index contributed by atoms with van der Waals surface area (Å²) in [6.07, 6.45) is 0. The van der Waals surface area contributed by atoms with Crippen LogP contribution in [0.15, 0.2) is 64.0 Å². The van der Waals surface area contributed by atoms with Gasteiger partial charge in [-0.15, -0.1) is 0 Å². The summed E-state index contributed by atoms with van der Waals surface area (Å²) in [6, 6.07) is 14.3. The van der Waals surface area contributed by atoms with Gasteiger partial charge in [0.25, 0.3) is 15.9 Å². The average molecular weight is 483 g/mol. The highest BCUT2D eigenvalue weighted by Crippen LogP contribution is 2.29. The lowest BCUT2D eigenvalue weighted by atomic mass is 10.1. The summed E-state index contributed by atoms with van der Waals surface area (Å²) in [5.41, 5.74) is 1.89. The normalized spacial score (nSPS) is 11.3. The van der Waals surface area contributed by atoms with E-state index < -0.39 is 15.9 Å². The molecule has 10 nitrogen and oxygen atoms in total. The van der Waals surface area contributed by atoms with Gasteiger partial charge in [-0.3, -0.25) is 14.5 Å². The number of hydrogen-bond acceptors (Lipinski definition) is 8. The van der Waals surface area contributed by atoms with Gasteiger partial charge in [0.2, 0.25) is 0 Å². The maximum absolute atomic E-state index is 12.5. The van der Waals surface area contributed by atoms with E-state index in [0.29, 0.717) is 22.9 Å². The Labute approximate surface area is 195 Å². The van der Waals surface area contributed by atoms with E-state index in [-0.39, 0.29) is 17.3 Å². The molecule has 2 aromatic heterocycles. The maximum Gasteiger partial charge on any atom is 0.263 e. The minimum Gasteiger partial charge on any atom is -0.497 e. The van der Waals surface area contributed by atoms with E-state index in [9.17, 15) is 13.2 Å². The highest BCUT2D eigenvalue weighted by atomic mass is 32.2. The van der Waals surface area contributed by atoms with Gasteiger partial charge < -0.3 is 19.3 Å². The second-order valence-corrected chi connectivity index (χ2v) is 9.12. The van der Waals surface area contributed by atoms with Gasteiger partial charge in [0.15, 0.2) is 12.4 Å². The summed E-state index contributed by atoms with van der Waals surface area (Å²) in [7, 11) is -2.28. The van der Waals surface area contributed by atoms with Gasteiger partial charge in [-0.25, -0.2) is 8.42 Å². The molecule has 4 aromatic rings. The molecule has 2 N–H and O–H groups in total. The molecule has 2 heterocycles. The van der Waals surface area contributed by atoms with Crippen molar-refractivity contribution in [2.24, 2.45) is 0 Å². The fourth-order valence-corrected chi connectivity index (χ4v) is 4.20. The number of carbonyl (C=O) groups is 1. The van der Waals surface area contributed by atoms with Crippen LogP contribution in [0.3, 0.4) is 0 Å². The number of ether oxygens (including phenoxy) is 2. The molecule has 0 bridgehead atoms. The third-order valence-corrected chi connectivity index (χ3v) is 6.15. The Morgan fingerprint density at radius 3 is 2.50 bits per heavy atom. The summed E-state index contributed by atoms with van der Waals surface area (Å²) in [5, 5.41) is 7.02. The van der Waals surface area contributed by atoms with Crippen LogP contribution in [-0.4, -0.2) is 38.2 Å². The van der Waals surface area contributed by atoms with E-state index in [1.54, 1.807) is 32.2 Å². The van der Waals surface area contributed by atoms with E-state index in [1.807, 2.05) is 13.0 Å². The van der Waals surface area contributed by atoms with Crippen LogP contribution in [0.5, 0.6) is 11.5 Å². The highest BCUT2D eigenvalue weighted by molar-refractivity contribution is 7.92. The van der Waals surface area contributed by atoms with Crippen molar-refractivity contribution in [1.82, 2.24) is 10.1 Å². The van der Waals surface area contributed by atoms with Gasteiger partial charge in [-0.1, -0.05) is 5.16 Å². The molecule has 0 spiro atoms. The van der Waals surface area contributed by atoms with E-state index >= 15 is 0 Å². The number of fused-ring (bicyclic) bond motifs is 1. The van der Waals surface area contributed by atoms with Crippen molar-refractivity contribution in [2.45, 2.75) is 18.7 Å². The van der Waals surface area contributed by atoms with Gasteiger partial charge in [0.1, 0.15) is 17.3 Å². The number of nitrogens with zero attached hydrogens (tertiary/aromatic N) is 2. The molecule has 176 valence electrons. The van der Waals surface area contributed by atoms with E-state index in [0.717, 1.165) is 16.6 Å². The van der Waals surface area contributed by atoms with Gasteiger partial charge in [0, 0.05) is 28.9 Å². The van der Waals surface area contributed by atoms with E-state index in [1.165, 1.54) is 30.3 Å². The summed E-state index contributed by atoms with van der Waals surface area (Å²) in [6.45, 7) is 3.24. The zero-order valence-electron chi connectivity index (χ0n) is 18.7. The Kier molecular flexibility index (Phi) is 6.37. The standard InChI is InChI=1S/C23H22N4O6S/c1-14-10-21(19-12-17(31-3)6-9-20(19)24-14)32-13-23(28)25-16-4-7-18(8-5-16)34(29,30)27-22-11-15(2)33-26-22/h4-12H,13H2,1-3H3,(H,25,28)(H,26,27). The molecule has 11 heteroatoms. The summed E-state index contributed by atoms with van der Waals surface area (Å²) in [4.78, 5) is 16.9. The largest absolute Gasteiger partial charge is 0.497 e. The van der Waals surface area contributed by atoms with Crippen LogP contribution in [0, 0.1) is 13.8 Å². The second kappa shape index (κ2) is 9.40. The minimum absolute atomic E-state index is 0.00933. The molecule has 0 aliphatic carbocycles. The summed E-state index contributed by atoms with van der Waals surface area (Å²) in [5.74, 6) is 1.32. The van der Waals surface area contributed by atoms with Crippen LogP contribution in [0.2, 0.25) is 0 Å². The zero-order valence-corrected chi connectivity index (χ0v) is 19.5. The fourth-order valence-electron chi connectivity index (χ4n) is 3.22. The molecular formula is C23H22N4O6S. The lowest BCUT2D eigenvalue weighted by Crippen LogP contribution is -2.20. The number of carbonyl (C=O) groups excluding carboxylic acids is 1. The summed E-state index contributed by atoms with van der Waals surface area (Å²) < 4.78 is 43.1. The van der Waals surface area contributed by atoms with Gasteiger partial charge in [-0.05, 0) is 56.3 Å². The first-order valence-corrected chi connectivity index (χ1v) is 11.7. The molecule has 0 saturated heterocycles. The number of rotatable bonds is 8. The molecule has 0 radical (unpaired) electrons. The van der Waals surface area contributed by atoms with Gasteiger partial charge >= 0.3 is 0 Å². The van der Waals surface area contributed by atoms with Crippen LogP contribution in [0.4, 0.5) is 11.5 Å². The van der Waals surface area contributed by atoms with Gasteiger partial charge in [-0.2, -0.15) is 0 Å². The lowest BCUT2D eigenvalue weighted by molar-refractivity contribution is -0.118. The third-order valence-electron chi connectivity index (χ3n) is 4.78. The van der Waals surface area contributed by atoms with Crippen LogP contribution in [0.25, 0.3) is 10.9 Å². The molecule has 4 rings (SSSR count). The fraction of sp³-hybridized carbons (Fsp3) is 0.174. The second-order valence-electron chi connectivity index (χ2n) is 7.43. The molecule has 0 saturated carbocycles. The molecule has 0 aliphatic heterocycles. The van der Waals surface area contributed by atoms with E-state index in [4.69, 9.17) is 14.0 Å². The predicted octanol–water partition coefficient (Wildman–Crippen LogP) is 3.67. The van der Waals surface area contributed by atoms with Gasteiger partial charge in [0.05, 0.1) is 17.5 Å². The number of hydrogen-bond donors (Lipinski definition) is 2. The first-order valence-electron chi connectivity index (χ1n) is 10.2. The smallest absolute Gasteiger partial charge is 0.263 e. The molecular weight excluding hydrogens is 460 g/mol. The van der Waals surface area contributed by atoms with Crippen molar-refractivity contribution in [2.75, 3.05) is 23.8 Å². The first kappa shape index (κ1) is 23.1. The molecule has 2 aromatic carbocycles. The number of anilines is 2. The first-order chi connectivity index (χ1) is 16.2. The highest BCUT2D eigenvalue weighted by Gasteiger charge is 2.16. The number of amides is 1. The van der Waals surface area contributed by atoms with Crippen LogP contribution in [0.1, 0.15) is 11.5 Å². The minimum atomic E-state index is -3.85. The number of benzene rings is 2. The average Bonchev–Trinajstić information content (AvgIpc) is 3.21. The van der Waals surface area contributed by atoms with Crippen molar-refractivity contribution < 1.29 is 27.2 Å². The molecule has 0 unspecified atom stereocenters. The number of aromatic nitrogens is 2. The number of nitrogens with one attached hydrogen (secondary N) is 2. The predicted molar refractivity (Wildman–Crippen MR) is 126 cm³/mol. The molecule has 34 heavy (non-hydrogen) atoms. The molecule has 1 amide bonds. The SMILES string of the molecule is COc1ccc2nc(C)cc(OCC(=O)Nc3ccc(S(=O)(=O)Nc4cc(C)on4)cc3)c2c1. The maximum atomic E-state index is 12.5. The Morgan fingerprint density at radius 2 is 1.82 bits per heavy atom. The lowest BCUT2D eigenvalue weighted by Gasteiger charge is -2.12. The number of pyridine rings is 1. The third kappa shape index (κ3) is 5.26. The Balaban J connectivity index is 1.41. The Bertz CT molecular complexity index is 1450. The van der Waals surface area contributed by atoms with Crippen molar-refractivity contribution in [3.05, 3.63) is 66.1 Å². The quantitative estimate of drug-likeness (QED) is 0.389. The zero-order chi connectivity index (χ0) is 24.3. The topological polar surface area (TPSA) is 133 Å². The van der Waals surface area contributed by atoms with Crippen LogP contribution >= 0.6 is 0 Å². The number of aryl methyl sites for hydroxylation is 2.